The van der Waals surface area contributed by atoms with Crippen molar-refractivity contribution in [2.45, 2.75) is 6.54 Å². The maximum Gasteiger partial charge on any atom is 0.328 e. The molecule has 0 fully saturated rings. The Morgan fingerprint density at radius 1 is 1.19 bits per heavy atom. The zero-order chi connectivity index (χ0) is 14.2. The van der Waals surface area contributed by atoms with Crippen LogP contribution in [0.25, 0.3) is 0 Å². The number of rotatable bonds is 1. The molecule has 0 aliphatic carbocycles. The molecule has 0 saturated heterocycles. The van der Waals surface area contributed by atoms with E-state index < -0.39 is 0 Å². The van der Waals surface area contributed by atoms with Gasteiger partial charge in [0, 0.05) is 37.2 Å². The summed E-state index contributed by atoms with van der Waals surface area (Å²) < 4.78 is 12.9. The van der Waals surface area contributed by atoms with E-state index >= 15 is 0 Å². The van der Waals surface area contributed by atoms with Crippen LogP contribution in [0.2, 0.25) is 0 Å². The molecule has 1 N–H and O–H groups in total. The van der Waals surface area contributed by atoms with Gasteiger partial charge in [-0.15, -0.1) is 0 Å². The van der Waals surface area contributed by atoms with E-state index in [1.807, 2.05) is 10.8 Å². The number of imidazole rings is 1. The molecule has 4 rings (SSSR count). The number of carbonyl (C=O) groups excluding carboxylic acids is 1. The third kappa shape index (κ3) is 2.06. The fourth-order valence-corrected chi connectivity index (χ4v) is 2.53. The highest BCUT2D eigenvalue weighted by atomic mass is 16.6. The van der Waals surface area contributed by atoms with E-state index in [9.17, 15) is 4.79 Å². The Morgan fingerprint density at radius 2 is 2.05 bits per heavy atom. The second-order valence-electron chi connectivity index (χ2n) is 4.86. The summed E-state index contributed by atoms with van der Waals surface area (Å²) in [5, 5.41) is 2.86. The summed E-state index contributed by atoms with van der Waals surface area (Å²) in [6, 6.07) is 5.18. The molecule has 2 aromatic rings. The monoisotopic (exact) mass is 286 g/mol. The average Bonchev–Trinajstić information content (AvgIpc) is 3.09. The summed E-state index contributed by atoms with van der Waals surface area (Å²) in [7, 11) is 0. The highest BCUT2D eigenvalue weighted by molar-refractivity contribution is 6.01. The van der Waals surface area contributed by atoms with Crippen molar-refractivity contribution in [1.29, 1.82) is 0 Å². The van der Waals surface area contributed by atoms with E-state index in [0.29, 0.717) is 42.9 Å². The summed E-state index contributed by atoms with van der Waals surface area (Å²) in [5.74, 6) is 2.03. The summed E-state index contributed by atoms with van der Waals surface area (Å²) in [6.45, 7) is 2.46. The van der Waals surface area contributed by atoms with Crippen molar-refractivity contribution < 1.29 is 14.3 Å². The number of fused-ring (bicyclic) bond motifs is 2. The van der Waals surface area contributed by atoms with Crippen LogP contribution in [-0.4, -0.2) is 35.3 Å². The zero-order valence-electron chi connectivity index (χ0n) is 11.3. The number of hydrogen-bond acceptors (Lipinski definition) is 4. The lowest BCUT2D eigenvalue weighted by Gasteiger charge is -2.20. The van der Waals surface area contributed by atoms with Gasteiger partial charge < -0.3 is 19.4 Å². The first-order chi connectivity index (χ1) is 10.3. The normalized spacial score (nSPS) is 15.7. The molecule has 7 nitrogen and oxygen atoms in total. The van der Waals surface area contributed by atoms with E-state index in [1.54, 1.807) is 29.3 Å². The molecule has 0 saturated carbocycles. The number of hydrogen-bond donors (Lipinski definition) is 1. The predicted molar refractivity (Wildman–Crippen MR) is 76.0 cm³/mol. The molecule has 0 atom stereocenters. The van der Waals surface area contributed by atoms with Crippen LogP contribution in [0, 0.1) is 0 Å². The Labute approximate surface area is 121 Å². The van der Waals surface area contributed by atoms with E-state index in [2.05, 4.69) is 10.3 Å². The molecular weight excluding hydrogens is 272 g/mol. The van der Waals surface area contributed by atoms with Crippen molar-refractivity contribution >= 4 is 17.7 Å². The molecule has 0 spiro atoms. The molecule has 108 valence electrons. The minimum atomic E-state index is -0.198. The van der Waals surface area contributed by atoms with Gasteiger partial charge in [0.05, 0.1) is 0 Å². The van der Waals surface area contributed by atoms with E-state index in [-0.39, 0.29) is 6.03 Å². The number of benzene rings is 1. The van der Waals surface area contributed by atoms with Gasteiger partial charge in [-0.05, 0) is 12.1 Å². The molecule has 2 amide bonds. The Kier molecular flexibility index (Phi) is 2.70. The van der Waals surface area contributed by atoms with Crippen LogP contribution in [-0.2, 0) is 6.54 Å². The molecule has 1 aromatic carbocycles. The number of urea groups is 1. The smallest absolute Gasteiger partial charge is 0.328 e. The first-order valence-electron chi connectivity index (χ1n) is 6.80. The van der Waals surface area contributed by atoms with Gasteiger partial charge in [0.2, 0.25) is 5.95 Å². The molecule has 0 radical (unpaired) electrons. The Hall–Kier alpha value is -2.70. The van der Waals surface area contributed by atoms with E-state index in [0.717, 1.165) is 6.54 Å². The average molecular weight is 286 g/mol. The van der Waals surface area contributed by atoms with Crippen LogP contribution in [0.3, 0.4) is 0 Å². The van der Waals surface area contributed by atoms with Gasteiger partial charge in [0.1, 0.15) is 13.2 Å². The predicted octanol–water partition coefficient (Wildman–Crippen LogP) is 1.71. The van der Waals surface area contributed by atoms with Crippen molar-refractivity contribution in [3.63, 3.8) is 0 Å². The molecule has 0 bridgehead atoms. The molecule has 1 aromatic heterocycles. The fraction of sp³-hybridized carbons (Fsp3) is 0.286. The Bertz CT molecular complexity index is 697. The first kappa shape index (κ1) is 12.1. The SMILES string of the molecule is O=C(Nc1ccc2c(c1)OCCO2)N1CCn2ccnc21. The Balaban J connectivity index is 1.52. The van der Waals surface area contributed by atoms with Gasteiger partial charge in [-0.25, -0.2) is 9.78 Å². The minimum absolute atomic E-state index is 0.198. The van der Waals surface area contributed by atoms with Gasteiger partial charge >= 0.3 is 6.03 Å². The van der Waals surface area contributed by atoms with Gasteiger partial charge in [-0.1, -0.05) is 0 Å². The van der Waals surface area contributed by atoms with Crippen molar-refractivity contribution in [1.82, 2.24) is 9.55 Å². The molecule has 0 unspecified atom stereocenters. The van der Waals surface area contributed by atoms with E-state index in [4.69, 9.17) is 9.47 Å². The maximum absolute atomic E-state index is 12.3. The lowest BCUT2D eigenvalue weighted by Crippen LogP contribution is -2.33. The number of aromatic nitrogens is 2. The quantitative estimate of drug-likeness (QED) is 0.866. The Morgan fingerprint density at radius 3 is 2.95 bits per heavy atom. The van der Waals surface area contributed by atoms with Crippen LogP contribution >= 0.6 is 0 Å². The molecule has 7 heteroatoms. The highest BCUT2D eigenvalue weighted by Gasteiger charge is 2.26. The number of amides is 2. The van der Waals surface area contributed by atoms with Gasteiger partial charge in [0.15, 0.2) is 11.5 Å². The van der Waals surface area contributed by atoms with E-state index in [1.165, 1.54) is 0 Å². The molecule has 3 heterocycles. The largest absolute Gasteiger partial charge is 0.486 e. The molecule has 21 heavy (non-hydrogen) atoms. The van der Waals surface area contributed by atoms with Crippen LogP contribution in [0.1, 0.15) is 0 Å². The number of nitrogens with zero attached hydrogens (tertiary/aromatic N) is 3. The van der Waals surface area contributed by atoms with Crippen molar-refractivity contribution in [3.05, 3.63) is 30.6 Å². The van der Waals surface area contributed by atoms with Gasteiger partial charge in [0.25, 0.3) is 0 Å². The second-order valence-corrected chi connectivity index (χ2v) is 4.86. The lowest BCUT2D eigenvalue weighted by atomic mass is 10.2. The summed E-state index contributed by atoms with van der Waals surface area (Å²) in [5.41, 5.74) is 0.675. The van der Waals surface area contributed by atoms with Crippen LogP contribution in [0.15, 0.2) is 30.6 Å². The van der Waals surface area contributed by atoms with Crippen LogP contribution in [0.5, 0.6) is 11.5 Å². The summed E-state index contributed by atoms with van der Waals surface area (Å²) in [6.07, 6.45) is 3.56. The third-order valence-electron chi connectivity index (χ3n) is 3.54. The minimum Gasteiger partial charge on any atom is -0.486 e. The molecule has 2 aliphatic heterocycles. The summed E-state index contributed by atoms with van der Waals surface area (Å²) >= 11 is 0. The topological polar surface area (TPSA) is 68.6 Å². The zero-order valence-corrected chi connectivity index (χ0v) is 11.3. The van der Waals surface area contributed by atoms with Crippen LogP contribution < -0.4 is 19.7 Å². The maximum atomic E-state index is 12.3. The second kappa shape index (κ2) is 4.69. The standard InChI is InChI=1S/C14H14N4O3/c19-14(18-6-5-17-4-3-15-13(17)18)16-10-1-2-11-12(9-10)21-8-7-20-11/h1-4,9H,5-8H2,(H,16,19). The number of nitrogens with one attached hydrogen (secondary N) is 1. The van der Waals surface area contributed by atoms with Crippen molar-refractivity contribution in [2.75, 3.05) is 30.0 Å². The third-order valence-corrected chi connectivity index (χ3v) is 3.54. The van der Waals surface area contributed by atoms with Gasteiger partial charge in [-0.3, -0.25) is 4.90 Å². The highest BCUT2D eigenvalue weighted by Crippen LogP contribution is 2.32. The number of ether oxygens (including phenoxy) is 2. The lowest BCUT2D eigenvalue weighted by molar-refractivity contribution is 0.171. The number of carbonyl (C=O) groups is 1. The molecular formula is C14H14N4O3. The van der Waals surface area contributed by atoms with Gasteiger partial charge in [-0.2, -0.15) is 0 Å². The molecule has 2 aliphatic rings. The van der Waals surface area contributed by atoms with Crippen molar-refractivity contribution in [3.8, 4) is 11.5 Å². The van der Waals surface area contributed by atoms with Crippen LogP contribution in [0.4, 0.5) is 16.4 Å². The fourth-order valence-electron chi connectivity index (χ4n) is 2.53. The van der Waals surface area contributed by atoms with Crippen molar-refractivity contribution in [2.24, 2.45) is 0 Å². The summed E-state index contributed by atoms with van der Waals surface area (Å²) in [4.78, 5) is 18.1. The first-order valence-corrected chi connectivity index (χ1v) is 6.80. The number of anilines is 2.